The van der Waals surface area contributed by atoms with E-state index in [1.54, 1.807) is 0 Å². The zero-order chi connectivity index (χ0) is 23.7. The fourth-order valence-electron chi connectivity index (χ4n) is 3.69. The van der Waals surface area contributed by atoms with Crippen molar-refractivity contribution < 1.29 is 14.3 Å². The summed E-state index contributed by atoms with van der Waals surface area (Å²) in [6, 6.07) is 16.3. The summed E-state index contributed by atoms with van der Waals surface area (Å²) < 4.78 is 11.3. The van der Waals surface area contributed by atoms with E-state index in [9.17, 15) is 4.79 Å². The van der Waals surface area contributed by atoms with Crippen LogP contribution in [0.5, 0.6) is 5.75 Å². The van der Waals surface area contributed by atoms with Gasteiger partial charge in [0.15, 0.2) is 0 Å². The molecule has 0 aliphatic carbocycles. The van der Waals surface area contributed by atoms with E-state index >= 15 is 0 Å². The van der Waals surface area contributed by atoms with Gasteiger partial charge in [-0.05, 0) is 60.6 Å². The molecule has 2 rings (SSSR count). The number of esters is 1. The SMILES string of the molecule is CCCCCCCCCCOc1ccc(CCc2ccc(C(=O)OC[C@H](C)CC)cc2)cc1. The lowest BCUT2D eigenvalue weighted by Gasteiger charge is -2.10. The summed E-state index contributed by atoms with van der Waals surface area (Å²) in [5.41, 5.74) is 3.15. The maximum atomic E-state index is 12.1. The lowest BCUT2D eigenvalue weighted by atomic mass is 10.0. The molecule has 3 nitrogen and oxygen atoms in total. The van der Waals surface area contributed by atoms with Crippen molar-refractivity contribution in [2.75, 3.05) is 13.2 Å². The lowest BCUT2D eigenvalue weighted by Crippen LogP contribution is -2.11. The normalized spacial score (nSPS) is 11.8. The molecule has 0 N–H and O–H groups in total. The number of rotatable bonds is 17. The highest BCUT2D eigenvalue weighted by Crippen LogP contribution is 2.16. The first kappa shape index (κ1) is 27.0. The van der Waals surface area contributed by atoms with Crippen molar-refractivity contribution in [2.45, 2.75) is 91.4 Å². The molecular weight excluding hydrogens is 408 g/mol. The second-order valence-corrected chi connectivity index (χ2v) is 9.28. The summed E-state index contributed by atoms with van der Waals surface area (Å²) in [5.74, 6) is 1.13. The van der Waals surface area contributed by atoms with Gasteiger partial charge in [-0.25, -0.2) is 4.79 Å². The van der Waals surface area contributed by atoms with Crippen molar-refractivity contribution in [1.82, 2.24) is 0 Å². The van der Waals surface area contributed by atoms with E-state index in [4.69, 9.17) is 9.47 Å². The molecule has 0 aliphatic rings. The maximum Gasteiger partial charge on any atom is 0.338 e. The number of hydrogen-bond donors (Lipinski definition) is 0. The van der Waals surface area contributed by atoms with Crippen molar-refractivity contribution in [2.24, 2.45) is 5.92 Å². The molecule has 0 aromatic heterocycles. The minimum atomic E-state index is -0.232. The van der Waals surface area contributed by atoms with Crippen LogP contribution in [0.1, 0.15) is 100 Å². The van der Waals surface area contributed by atoms with Gasteiger partial charge in [0.05, 0.1) is 18.8 Å². The Labute approximate surface area is 201 Å². The van der Waals surface area contributed by atoms with E-state index in [-0.39, 0.29) is 5.97 Å². The van der Waals surface area contributed by atoms with E-state index in [2.05, 4.69) is 45.0 Å². The topological polar surface area (TPSA) is 35.5 Å². The van der Waals surface area contributed by atoms with Crippen LogP contribution < -0.4 is 4.74 Å². The molecule has 0 saturated carbocycles. The Hall–Kier alpha value is -2.29. The molecule has 0 heterocycles. The second kappa shape index (κ2) is 16.3. The Bertz CT molecular complexity index is 764. The Morgan fingerprint density at radius 2 is 1.30 bits per heavy atom. The molecule has 1 atom stereocenters. The summed E-state index contributed by atoms with van der Waals surface area (Å²) in [6.45, 7) is 7.74. The summed E-state index contributed by atoms with van der Waals surface area (Å²) in [5, 5.41) is 0. The molecular formula is C30H44O3. The van der Waals surface area contributed by atoms with Crippen molar-refractivity contribution in [3.8, 4) is 5.75 Å². The van der Waals surface area contributed by atoms with Crippen LogP contribution in [0.25, 0.3) is 0 Å². The van der Waals surface area contributed by atoms with Crippen LogP contribution in [0.15, 0.2) is 48.5 Å². The standard InChI is InChI=1S/C30H44O3/c1-4-6-7-8-9-10-11-12-23-32-29-21-17-27(18-22-29)14-13-26-15-19-28(20-16-26)30(31)33-24-25(3)5-2/h15-22,25H,4-14,23-24H2,1-3H3/t25-/m1/s1. The highest BCUT2D eigenvalue weighted by Gasteiger charge is 2.09. The van der Waals surface area contributed by atoms with Gasteiger partial charge in [0.2, 0.25) is 0 Å². The highest BCUT2D eigenvalue weighted by atomic mass is 16.5. The number of carbonyl (C=O) groups is 1. The van der Waals surface area contributed by atoms with Crippen molar-refractivity contribution in [3.63, 3.8) is 0 Å². The van der Waals surface area contributed by atoms with Crippen molar-refractivity contribution >= 4 is 5.97 Å². The van der Waals surface area contributed by atoms with Crippen LogP contribution in [-0.2, 0) is 17.6 Å². The van der Waals surface area contributed by atoms with Gasteiger partial charge in [-0.1, -0.05) is 96.4 Å². The van der Waals surface area contributed by atoms with Gasteiger partial charge in [0.25, 0.3) is 0 Å². The monoisotopic (exact) mass is 452 g/mol. The molecule has 0 fully saturated rings. The van der Waals surface area contributed by atoms with Crippen LogP contribution in [0.2, 0.25) is 0 Å². The maximum absolute atomic E-state index is 12.1. The molecule has 33 heavy (non-hydrogen) atoms. The van der Waals surface area contributed by atoms with Gasteiger partial charge in [-0.3, -0.25) is 0 Å². The van der Waals surface area contributed by atoms with Gasteiger partial charge < -0.3 is 9.47 Å². The van der Waals surface area contributed by atoms with E-state index < -0.39 is 0 Å². The molecule has 0 radical (unpaired) electrons. The minimum absolute atomic E-state index is 0.232. The molecule has 0 bridgehead atoms. The summed E-state index contributed by atoms with van der Waals surface area (Å²) in [4.78, 5) is 12.1. The number of ether oxygens (including phenoxy) is 2. The van der Waals surface area contributed by atoms with Crippen LogP contribution >= 0.6 is 0 Å². The van der Waals surface area contributed by atoms with Gasteiger partial charge in [-0.2, -0.15) is 0 Å². The molecule has 182 valence electrons. The molecule has 0 unspecified atom stereocenters. The van der Waals surface area contributed by atoms with Gasteiger partial charge in [0.1, 0.15) is 5.75 Å². The predicted molar refractivity (Wildman–Crippen MR) is 138 cm³/mol. The molecule has 3 heteroatoms. The predicted octanol–water partition coefficient (Wildman–Crippen LogP) is 8.19. The van der Waals surface area contributed by atoms with Gasteiger partial charge in [-0.15, -0.1) is 0 Å². The smallest absolute Gasteiger partial charge is 0.338 e. The molecule has 0 amide bonds. The van der Waals surface area contributed by atoms with Crippen molar-refractivity contribution in [3.05, 3.63) is 65.2 Å². The van der Waals surface area contributed by atoms with Crippen LogP contribution in [-0.4, -0.2) is 19.2 Å². The first-order valence-corrected chi connectivity index (χ1v) is 13.1. The van der Waals surface area contributed by atoms with Crippen LogP contribution in [0.4, 0.5) is 0 Å². The first-order chi connectivity index (χ1) is 16.1. The fourth-order valence-corrected chi connectivity index (χ4v) is 3.69. The Morgan fingerprint density at radius 3 is 1.88 bits per heavy atom. The average Bonchev–Trinajstić information content (AvgIpc) is 2.85. The summed E-state index contributed by atoms with van der Waals surface area (Å²) in [6.07, 6.45) is 13.5. The van der Waals surface area contributed by atoms with Gasteiger partial charge in [0, 0.05) is 0 Å². The summed E-state index contributed by atoms with van der Waals surface area (Å²) in [7, 11) is 0. The molecule has 2 aromatic carbocycles. The van der Waals surface area contributed by atoms with Crippen molar-refractivity contribution in [1.29, 1.82) is 0 Å². The van der Waals surface area contributed by atoms with Gasteiger partial charge >= 0.3 is 5.97 Å². The Balaban J connectivity index is 1.63. The molecule has 0 saturated heterocycles. The van der Waals surface area contributed by atoms with E-state index in [0.717, 1.165) is 38.0 Å². The third-order valence-corrected chi connectivity index (χ3v) is 6.28. The zero-order valence-corrected chi connectivity index (χ0v) is 21.1. The molecule has 0 spiro atoms. The minimum Gasteiger partial charge on any atom is -0.494 e. The quantitative estimate of drug-likeness (QED) is 0.179. The Morgan fingerprint density at radius 1 is 0.758 bits per heavy atom. The fraction of sp³-hybridized carbons (Fsp3) is 0.567. The number of aryl methyl sites for hydroxylation is 2. The highest BCUT2D eigenvalue weighted by molar-refractivity contribution is 5.89. The Kier molecular flexibility index (Phi) is 13.4. The third kappa shape index (κ3) is 11.4. The van der Waals surface area contributed by atoms with E-state index in [0.29, 0.717) is 18.1 Å². The van der Waals surface area contributed by atoms with E-state index in [1.807, 2.05) is 24.3 Å². The van der Waals surface area contributed by atoms with Crippen LogP contribution in [0, 0.1) is 5.92 Å². The lowest BCUT2D eigenvalue weighted by molar-refractivity contribution is 0.0447. The number of benzene rings is 2. The largest absolute Gasteiger partial charge is 0.494 e. The first-order valence-electron chi connectivity index (χ1n) is 13.1. The number of unbranched alkanes of at least 4 members (excludes halogenated alkanes) is 7. The molecule has 2 aromatic rings. The average molecular weight is 453 g/mol. The molecule has 0 aliphatic heterocycles. The third-order valence-electron chi connectivity index (χ3n) is 6.28. The second-order valence-electron chi connectivity index (χ2n) is 9.28. The number of hydrogen-bond acceptors (Lipinski definition) is 3. The summed E-state index contributed by atoms with van der Waals surface area (Å²) >= 11 is 0. The number of carbonyl (C=O) groups excluding carboxylic acids is 1. The van der Waals surface area contributed by atoms with Crippen LogP contribution in [0.3, 0.4) is 0 Å². The van der Waals surface area contributed by atoms with E-state index in [1.165, 1.54) is 56.1 Å². The zero-order valence-electron chi connectivity index (χ0n) is 21.1.